The Morgan fingerprint density at radius 2 is 1.69 bits per heavy atom. The van der Waals surface area contributed by atoms with Crippen molar-refractivity contribution in [2.75, 3.05) is 22.6 Å². The predicted octanol–water partition coefficient (Wildman–Crippen LogP) is 4.55. The van der Waals surface area contributed by atoms with Crippen LogP contribution in [0.15, 0.2) is 60.7 Å². The van der Waals surface area contributed by atoms with Crippen LogP contribution in [-0.2, 0) is 10.0 Å². The van der Waals surface area contributed by atoms with Gasteiger partial charge in [-0.15, -0.1) is 0 Å². The molecule has 0 bridgehead atoms. The molecule has 0 unspecified atom stereocenters. The minimum absolute atomic E-state index is 0.0104. The van der Waals surface area contributed by atoms with E-state index in [2.05, 4.69) is 42.8 Å². The molecule has 1 heterocycles. The second kappa shape index (κ2) is 8.20. The number of phenolic OH excluding ortho intramolecular Hbond substituents is 1. The highest BCUT2D eigenvalue weighted by molar-refractivity contribution is 7.92. The molecule has 3 aromatic rings. The smallest absolute Gasteiger partial charge is 0.264 e. The maximum absolute atomic E-state index is 13.1. The Morgan fingerprint density at radius 3 is 2.34 bits per heavy atom. The number of hydrogen-bond acceptors (Lipinski definition) is 5. The number of carbonyl (C=O) groups is 1. The number of amides is 1. The Kier molecular flexibility index (Phi) is 5.56. The maximum Gasteiger partial charge on any atom is 0.264 e. The zero-order valence-corrected chi connectivity index (χ0v) is 18.8. The van der Waals surface area contributed by atoms with E-state index in [1.54, 1.807) is 6.07 Å². The number of sulfonamides is 1. The number of anilines is 2. The predicted molar refractivity (Wildman–Crippen MR) is 125 cm³/mol. The van der Waals surface area contributed by atoms with Crippen molar-refractivity contribution >= 4 is 27.3 Å². The van der Waals surface area contributed by atoms with Crippen LogP contribution >= 0.6 is 0 Å². The monoisotopic (exact) mass is 452 g/mol. The molecule has 166 valence electrons. The number of hydrogen-bond donors (Lipinski definition) is 2. The molecule has 1 aliphatic rings. The third-order valence-electron chi connectivity index (χ3n) is 5.30. The van der Waals surface area contributed by atoms with Gasteiger partial charge in [-0.25, -0.2) is 8.42 Å². The number of phenols is 1. The summed E-state index contributed by atoms with van der Waals surface area (Å²) in [6.45, 7) is 4.26. The number of rotatable bonds is 5. The van der Waals surface area contributed by atoms with E-state index >= 15 is 0 Å². The van der Waals surface area contributed by atoms with Crippen LogP contribution in [0, 0.1) is 0 Å². The normalized spacial score (nSPS) is 13.6. The van der Waals surface area contributed by atoms with E-state index in [-0.39, 0.29) is 24.1 Å². The third-order valence-corrected chi connectivity index (χ3v) is 5.89. The van der Waals surface area contributed by atoms with Crippen LogP contribution in [0.1, 0.15) is 35.7 Å². The molecule has 0 atom stereocenters. The van der Waals surface area contributed by atoms with E-state index in [4.69, 9.17) is 4.74 Å². The fourth-order valence-corrected chi connectivity index (χ4v) is 4.12. The Morgan fingerprint density at radius 1 is 1.00 bits per heavy atom. The van der Waals surface area contributed by atoms with Gasteiger partial charge in [0.25, 0.3) is 5.91 Å². The van der Waals surface area contributed by atoms with Crippen molar-refractivity contribution in [3.63, 3.8) is 0 Å². The Bertz CT molecular complexity index is 1280. The van der Waals surface area contributed by atoms with Gasteiger partial charge < -0.3 is 9.84 Å². The van der Waals surface area contributed by atoms with Gasteiger partial charge in [-0.2, -0.15) is 0 Å². The maximum atomic E-state index is 13.1. The van der Waals surface area contributed by atoms with Crippen LogP contribution in [0.3, 0.4) is 0 Å². The highest BCUT2D eigenvalue weighted by Crippen LogP contribution is 2.35. The summed E-state index contributed by atoms with van der Waals surface area (Å²) in [5, 5.41) is 9.94. The molecule has 32 heavy (non-hydrogen) atoms. The Hall–Kier alpha value is -3.52. The van der Waals surface area contributed by atoms with Gasteiger partial charge in [0.2, 0.25) is 10.0 Å². The van der Waals surface area contributed by atoms with Crippen LogP contribution in [0.4, 0.5) is 11.4 Å². The van der Waals surface area contributed by atoms with Crippen molar-refractivity contribution < 1.29 is 23.1 Å². The minimum atomic E-state index is -3.59. The standard InChI is InChI=1S/C24H24N2O5S/c1-15(2)16-4-6-17(7-5-16)18-8-10-20-23(12-18)31-14-26(24(20)28)19-9-11-22(27)21(13-19)25-32(3,29)30/h4-13,15,25,27H,14H2,1-3H3. The number of nitrogens with zero attached hydrogens (tertiary/aromatic N) is 1. The summed E-state index contributed by atoms with van der Waals surface area (Å²) >= 11 is 0. The molecular formula is C24H24N2O5S. The van der Waals surface area contributed by atoms with Gasteiger partial charge in [-0.05, 0) is 52.9 Å². The lowest BCUT2D eigenvalue weighted by molar-refractivity contribution is 0.0937. The van der Waals surface area contributed by atoms with Gasteiger partial charge >= 0.3 is 0 Å². The number of carbonyl (C=O) groups excluding carboxylic acids is 1. The van der Waals surface area contributed by atoms with E-state index in [1.807, 2.05) is 12.1 Å². The van der Waals surface area contributed by atoms with Gasteiger partial charge in [0.1, 0.15) is 11.5 Å². The van der Waals surface area contributed by atoms with Crippen molar-refractivity contribution in [1.82, 2.24) is 0 Å². The number of fused-ring (bicyclic) bond motifs is 1. The molecule has 8 heteroatoms. The molecule has 0 fully saturated rings. The molecule has 7 nitrogen and oxygen atoms in total. The van der Waals surface area contributed by atoms with Crippen molar-refractivity contribution in [2.24, 2.45) is 0 Å². The second-order valence-corrected chi connectivity index (χ2v) is 9.82. The molecule has 1 amide bonds. The SMILES string of the molecule is CC(C)c1ccc(-c2ccc3c(c2)OCN(c2ccc(O)c(NS(C)(=O)=O)c2)C3=O)cc1. The minimum Gasteiger partial charge on any atom is -0.506 e. The van der Waals surface area contributed by atoms with E-state index in [9.17, 15) is 18.3 Å². The lowest BCUT2D eigenvalue weighted by Crippen LogP contribution is -2.38. The summed E-state index contributed by atoms with van der Waals surface area (Å²) in [7, 11) is -3.59. The van der Waals surface area contributed by atoms with Gasteiger partial charge in [-0.3, -0.25) is 14.4 Å². The van der Waals surface area contributed by atoms with E-state index in [1.165, 1.54) is 28.7 Å². The number of aromatic hydroxyl groups is 1. The average molecular weight is 453 g/mol. The quantitative estimate of drug-likeness (QED) is 0.554. The summed E-state index contributed by atoms with van der Waals surface area (Å²) < 4.78 is 31.2. The number of ether oxygens (including phenoxy) is 1. The van der Waals surface area contributed by atoms with Gasteiger partial charge in [-0.1, -0.05) is 44.2 Å². The molecule has 0 radical (unpaired) electrons. The summed E-state index contributed by atoms with van der Waals surface area (Å²) in [4.78, 5) is 14.5. The van der Waals surface area contributed by atoms with Crippen LogP contribution in [0.2, 0.25) is 0 Å². The molecule has 0 aromatic heterocycles. The summed E-state index contributed by atoms with van der Waals surface area (Å²) in [6.07, 6.45) is 0.985. The van der Waals surface area contributed by atoms with Crippen molar-refractivity contribution in [2.45, 2.75) is 19.8 Å². The van der Waals surface area contributed by atoms with Crippen molar-refractivity contribution in [3.05, 3.63) is 71.8 Å². The molecule has 0 saturated heterocycles. The highest BCUT2D eigenvalue weighted by atomic mass is 32.2. The van der Waals surface area contributed by atoms with Crippen LogP contribution in [-0.4, -0.2) is 32.4 Å². The zero-order chi connectivity index (χ0) is 23.0. The lowest BCUT2D eigenvalue weighted by Gasteiger charge is -2.29. The van der Waals surface area contributed by atoms with Crippen molar-refractivity contribution in [3.8, 4) is 22.6 Å². The lowest BCUT2D eigenvalue weighted by atomic mass is 9.97. The molecule has 0 spiro atoms. The summed E-state index contributed by atoms with van der Waals surface area (Å²) in [6, 6.07) is 18.0. The molecule has 0 aliphatic carbocycles. The molecule has 4 rings (SSSR count). The topological polar surface area (TPSA) is 95.9 Å². The molecule has 2 N–H and O–H groups in total. The Balaban J connectivity index is 1.61. The van der Waals surface area contributed by atoms with Crippen LogP contribution < -0.4 is 14.4 Å². The first kappa shape index (κ1) is 21.7. The average Bonchev–Trinajstić information content (AvgIpc) is 2.74. The second-order valence-electron chi connectivity index (χ2n) is 8.07. The summed E-state index contributed by atoms with van der Waals surface area (Å²) in [5.41, 5.74) is 4.04. The van der Waals surface area contributed by atoms with E-state index in [0.717, 1.165) is 17.4 Å². The van der Waals surface area contributed by atoms with Crippen LogP contribution in [0.25, 0.3) is 11.1 Å². The van der Waals surface area contributed by atoms with E-state index < -0.39 is 10.0 Å². The molecular weight excluding hydrogens is 428 g/mol. The zero-order valence-electron chi connectivity index (χ0n) is 18.0. The first-order valence-corrected chi connectivity index (χ1v) is 12.0. The third kappa shape index (κ3) is 4.40. The van der Waals surface area contributed by atoms with Crippen LogP contribution in [0.5, 0.6) is 11.5 Å². The fraction of sp³-hybridized carbons (Fsp3) is 0.208. The highest BCUT2D eigenvalue weighted by Gasteiger charge is 2.28. The number of nitrogens with one attached hydrogen (secondary N) is 1. The fourth-order valence-electron chi connectivity index (χ4n) is 3.56. The van der Waals surface area contributed by atoms with Crippen molar-refractivity contribution in [1.29, 1.82) is 0 Å². The first-order valence-electron chi connectivity index (χ1n) is 10.1. The Labute approximate surface area is 187 Å². The molecule has 1 aliphatic heterocycles. The van der Waals surface area contributed by atoms with Gasteiger partial charge in [0.05, 0.1) is 17.5 Å². The van der Waals surface area contributed by atoms with Gasteiger partial charge in [0, 0.05) is 5.69 Å². The molecule has 0 saturated carbocycles. The molecule has 3 aromatic carbocycles. The summed E-state index contributed by atoms with van der Waals surface area (Å²) in [5.74, 6) is 0.430. The largest absolute Gasteiger partial charge is 0.506 e. The first-order chi connectivity index (χ1) is 15.1. The van der Waals surface area contributed by atoms with Gasteiger partial charge in [0.15, 0.2) is 6.73 Å². The number of benzene rings is 3. The van der Waals surface area contributed by atoms with E-state index in [0.29, 0.717) is 22.9 Å².